The number of hydrogen-bond donors (Lipinski definition) is 2. The van der Waals surface area contributed by atoms with Gasteiger partial charge in [0.25, 0.3) is 5.91 Å². The zero-order valence-corrected chi connectivity index (χ0v) is 19.1. The van der Waals surface area contributed by atoms with Gasteiger partial charge in [-0.25, -0.2) is 0 Å². The monoisotopic (exact) mass is 472 g/mol. The first-order chi connectivity index (χ1) is 17.1. The molecule has 2 aromatic heterocycles. The number of tetrazole rings is 1. The summed E-state index contributed by atoms with van der Waals surface area (Å²) in [5.74, 6) is 0.827. The molecule has 0 unspecified atom stereocenters. The van der Waals surface area contributed by atoms with Gasteiger partial charge in [0.05, 0.1) is 18.4 Å². The van der Waals surface area contributed by atoms with Crippen molar-refractivity contribution in [3.8, 4) is 5.75 Å². The zero-order valence-electron chi connectivity index (χ0n) is 19.1. The fraction of sp³-hybridized carbons (Fsp3) is 0.250. The largest absolute Gasteiger partial charge is 0.497 e. The van der Waals surface area contributed by atoms with Crippen molar-refractivity contribution in [1.29, 1.82) is 0 Å². The Morgan fingerprint density at radius 2 is 1.83 bits per heavy atom. The van der Waals surface area contributed by atoms with Gasteiger partial charge < -0.3 is 20.3 Å². The summed E-state index contributed by atoms with van der Waals surface area (Å²) in [5.41, 5.74) is 2.06. The van der Waals surface area contributed by atoms with Crippen LogP contribution in [0.15, 0.2) is 60.7 Å². The summed E-state index contributed by atoms with van der Waals surface area (Å²) < 4.78 is 6.60. The highest BCUT2D eigenvalue weighted by Gasteiger charge is 2.27. The van der Waals surface area contributed by atoms with E-state index in [1.165, 1.54) is 4.63 Å². The molecule has 2 amide bonds. The number of ether oxygens (including phenoxy) is 1. The van der Waals surface area contributed by atoms with Crippen LogP contribution in [0.5, 0.6) is 5.75 Å². The molecule has 0 bridgehead atoms. The number of aromatic nitrogens is 5. The van der Waals surface area contributed by atoms with Crippen molar-refractivity contribution in [2.45, 2.75) is 12.8 Å². The second-order valence-electron chi connectivity index (χ2n) is 8.20. The van der Waals surface area contributed by atoms with Crippen LogP contribution >= 0.6 is 0 Å². The number of nitrogens with zero attached hydrogens (tertiary/aromatic N) is 6. The fourth-order valence-corrected chi connectivity index (χ4v) is 4.10. The van der Waals surface area contributed by atoms with E-state index in [2.05, 4.69) is 36.2 Å². The Kier molecular flexibility index (Phi) is 6.20. The third-order valence-electron chi connectivity index (χ3n) is 6.00. The predicted octanol–water partition coefficient (Wildman–Crippen LogP) is 2.64. The first-order valence-corrected chi connectivity index (χ1v) is 11.3. The lowest BCUT2D eigenvalue weighted by molar-refractivity contribution is -0.120. The standard InChI is InChI=1S/C24H24N8O3/c1-35-18-6-4-5-17(15-18)25-24(34)19-7-2-3-8-20(19)26-23(33)16-11-13-31(14-12-16)22-10-9-21-27-29-30-32(21)28-22/h2-10,15-16H,11-14H2,1H3,(H,25,34)(H,26,33). The molecule has 0 aliphatic carbocycles. The minimum atomic E-state index is -0.312. The van der Waals surface area contributed by atoms with Gasteiger partial charge in [0.15, 0.2) is 11.5 Å². The summed E-state index contributed by atoms with van der Waals surface area (Å²) in [5, 5.41) is 21.6. The number of carbonyl (C=O) groups excluding carboxylic acids is 2. The number of benzene rings is 2. The molecule has 11 nitrogen and oxygen atoms in total. The average Bonchev–Trinajstić information content (AvgIpc) is 3.37. The van der Waals surface area contributed by atoms with Crippen molar-refractivity contribution in [2.24, 2.45) is 5.92 Å². The Morgan fingerprint density at radius 1 is 1.00 bits per heavy atom. The highest BCUT2D eigenvalue weighted by atomic mass is 16.5. The maximum Gasteiger partial charge on any atom is 0.257 e. The molecule has 178 valence electrons. The molecule has 11 heteroatoms. The van der Waals surface area contributed by atoms with Gasteiger partial charge in [-0.15, -0.1) is 14.8 Å². The van der Waals surface area contributed by atoms with Gasteiger partial charge in [-0.2, -0.15) is 0 Å². The van der Waals surface area contributed by atoms with E-state index in [1.807, 2.05) is 12.1 Å². The Balaban J connectivity index is 1.22. The van der Waals surface area contributed by atoms with Crippen molar-refractivity contribution < 1.29 is 14.3 Å². The molecule has 5 rings (SSSR count). The molecular weight excluding hydrogens is 448 g/mol. The topological polar surface area (TPSA) is 127 Å². The first-order valence-electron chi connectivity index (χ1n) is 11.3. The van der Waals surface area contributed by atoms with Gasteiger partial charge in [0.2, 0.25) is 5.91 Å². The summed E-state index contributed by atoms with van der Waals surface area (Å²) in [4.78, 5) is 28.1. The van der Waals surface area contributed by atoms with Crippen molar-refractivity contribution in [3.63, 3.8) is 0 Å². The Morgan fingerprint density at radius 3 is 2.66 bits per heavy atom. The maximum absolute atomic E-state index is 13.0. The van der Waals surface area contributed by atoms with Crippen LogP contribution in [0.1, 0.15) is 23.2 Å². The highest BCUT2D eigenvalue weighted by molar-refractivity contribution is 6.10. The van der Waals surface area contributed by atoms with E-state index in [-0.39, 0.29) is 17.7 Å². The molecule has 3 heterocycles. The van der Waals surface area contributed by atoms with E-state index in [0.717, 1.165) is 5.82 Å². The Labute approximate surface area is 201 Å². The number of anilines is 3. The minimum Gasteiger partial charge on any atom is -0.497 e. The van der Waals surface area contributed by atoms with E-state index in [4.69, 9.17) is 4.74 Å². The molecule has 2 aromatic carbocycles. The lowest BCUT2D eigenvalue weighted by atomic mass is 9.95. The molecule has 35 heavy (non-hydrogen) atoms. The smallest absolute Gasteiger partial charge is 0.257 e. The molecule has 1 aliphatic heterocycles. The number of para-hydroxylation sites is 1. The SMILES string of the molecule is COc1cccc(NC(=O)c2ccccc2NC(=O)C2CCN(c3ccc4nnnn4n3)CC2)c1. The van der Waals surface area contributed by atoms with E-state index < -0.39 is 0 Å². The number of amides is 2. The van der Waals surface area contributed by atoms with Gasteiger partial charge in [0.1, 0.15) is 5.75 Å². The van der Waals surface area contributed by atoms with Crippen molar-refractivity contribution in [2.75, 3.05) is 35.7 Å². The second kappa shape index (κ2) is 9.75. The molecular formula is C24H24N8O3. The van der Waals surface area contributed by atoms with Crippen LogP contribution in [0.2, 0.25) is 0 Å². The van der Waals surface area contributed by atoms with Crippen LogP contribution in [-0.2, 0) is 4.79 Å². The summed E-state index contributed by atoms with van der Waals surface area (Å²) >= 11 is 0. The van der Waals surface area contributed by atoms with Crippen molar-refractivity contribution in [1.82, 2.24) is 25.3 Å². The number of methoxy groups -OCH3 is 1. The van der Waals surface area contributed by atoms with Crippen LogP contribution in [0.25, 0.3) is 5.65 Å². The quantitative estimate of drug-likeness (QED) is 0.439. The van der Waals surface area contributed by atoms with Crippen LogP contribution in [0.3, 0.4) is 0 Å². The molecule has 1 fully saturated rings. The highest BCUT2D eigenvalue weighted by Crippen LogP contribution is 2.25. The van der Waals surface area contributed by atoms with Crippen LogP contribution in [0, 0.1) is 5.92 Å². The Bertz CT molecular complexity index is 1360. The number of rotatable bonds is 6. The van der Waals surface area contributed by atoms with E-state index >= 15 is 0 Å². The zero-order chi connectivity index (χ0) is 24.2. The van der Waals surface area contributed by atoms with Crippen molar-refractivity contribution in [3.05, 3.63) is 66.2 Å². The van der Waals surface area contributed by atoms with Crippen molar-refractivity contribution >= 4 is 34.7 Å². The Hall–Kier alpha value is -4.54. The summed E-state index contributed by atoms with van der Waals surface area (Å²) in [7, 11) is 1.57. The molecule has 1 aliphatic rings. The van der Waals surface area contributed by atoms with Crippen LogP contribution < -0.4 is 20.3 Å². The molecule has 4 aromatic rings. The van der Waals surface area contributed by atoms with E-state index in [1.54, 1.807) is 55.6 Å². The molecule has 0 radical (unpaired) electrons. The van der Waals surface area contributed by atoms with Gasteiger partial charge in [0, 0.05) is 30.8 Å². The average molecular weight is 473 g/mol. The number of piperidine rings is 1. The number of carbonyl (C=O) groups is 2. The number of nitrogens with one attached hydrogen (secondary N) is 2. The fourth-order valence-electron chi connectivity index (χ4n) is 4.10. The molecule has 0 saturated carbocycles. The molecule has 2 N–H and O–H groups in total. The predicted molar refractivity (Wildman–Crippen MR) is 130 cm³/mol. The van der Waals surface area contributed by atoms with Crippen LogP contribution in [0.4, 0.5) is 17.2 Å². The number of hydrogen-bond acceptors (Lipinski definition) is 8. The van der Waals surface area contributed by atoms with Gasteiger partial charge in [-0.1, -0.05) is 18.2 Å². The molecule has 1 saturated heterocycles. The van der Waals surface area contributed by atoms with Gasteiger partial charge >= 0.3 is 0 Å². The van der Waals surface area contributed by atoms with Gasteiger partial charge in [-0.05, 0) is 59.7 Å². The van der Waals surface area contributed by atoms with E-state index in [0.29, 0.717) is 54.3 Å². The third kappa shape index (κ3) is 4.88. The summed E-state index contributed by atoms with van der Waals surface area (Å²) in [6, 6.07) is 17.8. The summed E-state index contributed by atoms with van der Waals surface area (Å²) in [6.45, 7) is 1.35. The number of fused-ring (bicyclic) bond motifs is 1. The maximum atomic E-state index is 13.0. The first kappa shape index (κ1) is 22.3. The van der Waals surface area contributed by atoms with E-state index in [9.17, 15) is 9.59 Å². The minimum absolute atomic E-state index is 0.102. The lowest BCUT2D eigenvalue weighted by Gasteiger charge is -2.32. The second-order valence-corrected chi connectivity index (χ2v) is 8.20. The third-order valence-corrected chi connectivity index (χ3v) is 6.00. The molecule has 0 spiro atoms. The van der Waals surface area contributed by atoms with Crippen LogP contribution in [-0.4, -0.2) is 57.3 Å². The van der Waals surface area contributed by atoms with Gasteiger partial charge in [-0.3, -0.25) is 9.59 Å². The summed E-state index contributed by atoms with van der Waals surface area (Å²) in [6.07, 6.45) is 1.33. The molecule has 0 atom stereocenters. The lowest BCUT2D eigenvalue weighted by Crippen LogP contribution is -2.39. The normalized spacial score (nSPS) is 14.0.